The summed E-state index contributed by atoms with van der Waals surface area (Å²) in [7, 11) is 0. The second-order valence-corrected chi connectivity index (χ2v) is 5.22. The molecule has 21 heavy (non-hydrogen) atoms. The van der Waals surface area contributed by atoms with Gasteiger partial charge < -0.3 is 20.1 Å². The van der Waals surface area contributed by atoms with Crippen LogP contribution in [-0.2, 0) is 6.42 Å². The molecule has 0 fully saturated rings. The number of aryl methyl sites for hydroxylation is 2. The Labute approximate surface area is 126 Å². The van der Waals surface area contributed by atoms with E-state index in [9.17, 15) is 5.11 Å². The van der Waals surface area contributed by atoms with Crippen molar-refractivity contribution in [3.8, 4) is 5.75 Å². The van der Waals surface area contributed by atoms with E-state index in [1.165, 1.54) is 5.56 Å². The zero-order chi connectivity index (χ0) is 15.7. The maximum absolute atomic E-state index is 10.0. The van der Waals surface area contributed by atoms with Gasteiger partial charge >= 0.3 is 0 Å². The molecule has 0 aromatic heterocycles. The Morgan fingerprint density at radius 1 is 1.14 bits per heavy atom. The summed E-state index contributed by atoms with van der Waals surface area (Å²) in [6.45, 7) is 5.55. The van der Waals surface area contributed by atoms with E-state index in [0.717, 1.165) is 17.7 Å². The minimum atomic E-state index is -0.659. The van der Waals surface area contributed by atoms with Gasteiger partial charge in [-0.2, -0.15) is 0 Å². The third-order valence-electron chi connectivity index (χ3n) is 3.26. The van der Waals surface area contributed by atoms with Gasteiger partial charge in [0.2, 0.25) is 0 Å². The van der Waals surface area contributed by atoms with Gasteiger partial charge in [-0.25, -0.2) is 0 Å². The van der Waals surface area contributed by atoms with Crippen LogP contribution in [0.25, 0.3) is 0 Å². The fraction of sp³-hybridized carbons (Fsp3) is 0.625. The van der Waals surface area contributed by atoms with E-state index < -0.39 is 6.10 Å². The fourth-order valence-corrected chi connectivity index (χ4v) is 2.23. The van der Waals surface area contributed by atoms with Crippen LogP contribution in [0.2, 0.25) is 0 Å². The van der Waals surface area contributed by atoms with Gasteiger partial charge in [-0.05, 0) is 36.6 Å². The molecule has 5 nitrogen and oxygen atoms in total. The van der Waals surface area contributed by atoms with Crippen molar-refractivity contribution in [3.63, 3.8) is 0 Å². The molecule has 0 aliphatic carbocycles. The van der Waals surface area contributed by atoms with Crippen LogP contribution in [0.3, 0.4) is 0 Å². The van der Waals surface area contributed by atoms with Gasteiger partial charge in [-0.1, -0.05) is 13.0 Å². The molecular weight excluding hydrogens is 270 g/mol. The molecule has 120 valence electrons. The lowest BCUT2D eigenvalue weighted by Crippen LogP contribution is -2.38. The van der Waals surface area contributed by atoms with Crippen molar-refractivity contribution < 1.29 is 20.1 Å². The lowest BCUT2D eigenvalue weighted by Gasteiger charge is -2.23. The zero-order valence-corrected chi connectivity index (χ0v) is 13.0. The molecule has 1 rings (SSSR count). The summed E-state index contributed by atoms with van der Waals surface area (Å²) in [4.78, 5) is 1.81. The van der Waals surface area contributed by atoms with Crippen LogP contribution in [0, 0.1) is 6.92 Å². The maximum Gasteiger partial charge on any atom is 0.119 e. The first-order chi connectivity index (χ1) is 10.1. The van der Waals surface area contributed by atoms with E-state index in [0.29, 0.717) is 19.6 Å². The van der Waals surface area contributed by atoms with Crippen LogP contribution in [-0.4, -0.2) is 65.8 Å². The molecule has 1 atom stereocenters. The molecule has 1 aromatic carbocycles. The number of ether oxygens (including phenoxy) is 1. The van der Waals surface area contributed by atoms with Gasteiger partial charge in [0.25, 0.3) is 0 Å². The van der Waals surface area contributed by atoms with Gasteiger partial charge in [0.1, 0.15) is 18.5 Å². The highest BCUT2D eigenvalue weighted by atomic mass is 16.5. The number of aliphatic hydroxyl groups is 3. The van der Waals surface area contributed by atoms with Crippen molar-refractivity contribution >= 4 is 0 Å². The molecule has 0 aliphatic rings. The Bertz CT molecular complexity index is 405. The lowest BCUT2D eigenvalue weighted by atomic mass is 10.1. The highest BCUT2D eigenvalue weighted by Gasteiger charge is 2.12. The Morgan fingerprint density at radius 2 is 1.81 bits per heavy atom. The topological polar surface area (TPSA) is 73.2 Å². The van der Waals surface area contributed by atoms with Crippen molar-refractivity contribution in [3.05, 3.63) is 29.3 Å². The van der Waals surface area contributed by atoms with Crippen LogP contribution >= 0.6 is 0 Å². The molecule has 0 heterocycles. The summed E-state index contributed by atoms with van der Waals surface area (Å²) >= 11 is 0. The maximum atomic E-state index is 10.0. The fourth-order valence-electron chi connectivity index (χ4n) is 2.23. The first-order valence-corrected chi connectivity index (χ1v) is 7.44. The molecule has 0 saturated heterocycles. The summed E-state index contributed by atoms with van der Waals surface area (Å²) in [6.07, 6.45) is 0.287. The quantitative estimate of drug-likeness (QED) is 0.589. The number of hydrogen-bond acceptors (Lipinski definition) is 5. The smallest absolute Gasteiger partial charge is 0.119 e. The van der Waals surface area contributed by atoms with E-state index in [-0.39, 0.29) is 19.8 Å². The van der Waals surface area contributed by atoms with Crippen LogP contribution < -0.4 is 4.74 Å². The van der Waals surface area contributed by atoms with E-state index >= 15 is 0 Å². The van der Waals surface area contributed by atoms with Gasteiger partial charge in [-0.15, -0.1) is 0 Å². The Kier molecular flexibility index (Phi) is 8.30. The Morgan fingerprint density at radius 3 is 2.38 bits per heavy atom. The third kappa shape index (κ3) is 6.91. The van der Waals surface area contributed by atoms with Gasteiger partial charge in [0.05, 0.1) is 13.2 Å². The first kappa shape index (κ1) is 17.9. The van der Waals surface area contributed by atoms with Crippen molar-refractivity contribution in [2.24, 2.45) is 0 Å². The van der Waals surface area contributed by atoms with Crippen molar-refractivity contribution in [2.75, 3.05) is 39.5 Å². The summed E-state index contributed by atoms with van der Waals surface area (Å²) in [5.41, 5.74) is 2.35. The Hall–Kier alpha value is -1.14. The summed E-state index contributed by atoms with van der Waals surface area (Å²) < 4.78 is 5.65. The second-order valence-electron chi connectivity index (χ2n) is 5.22. The third-order valence-corrected chi connectivity index (χ3v) is 3.26. The van der Waals surface area contributed by atoms with E-state index in [4.69, 9.17) is 14.9 Å². The predicted octanol–water partition coefficient (Wildman–Crippen LogP) is 0.584. The molecule has 0 aliphatic heterocycles. The van der Waals surface area contributed by atoms with Crippen LogP contribution in [0.5, 0.6) is 5.75 Å². The molecule has 1 unspecified atom stereocenters. The van der Waals surface area contributed by atoms with E-state index in [1.807, 2.05) is 24.0 Å². The van der Waals surface area contributed by atoms with Gasteiger partial charge in [0.15, 0.2) is 0 Å². The molecule has 0 radical (unpaired) electrons. The van der Waals surface area contributed by atoms with E-state index in [1.54, 1.807) is 0 Å². The Balaban J connectivity index is 2.48. The normalized spacial score (nSPS) is 12.7. The molecule has 0 amide bonds. The molecule has 1 aromatic rings. The zero-order valence-electron chi connectivity index (χ0n) is 13.0. The molecule has 0 saturated carbocycles. The number of nitrogens with zero attached hydrogens (tertiary/aromatic N) is 1. The average molecular weight is 297 g/mol. The summed E-state index contributed by atoms with van der Waals surface area (Å²) in [5, 5.41) is 27.9. The summed E-state index contributed by atoms with van der Waals surface area (Å²) in [6, 6.07) is 6.05. The number of benzene rings is 1. The van der Waals surface area contributed by atoms with Crippen LogP contribution in [0.1, 0.15) is 18.1 Å². The number of aliphatic hydroxyl groups excluding tert-OH is 3. The highest BCUT2D eigenvalue weighted by molar-refractivity contribution is 5.33. The number of hydrogen-bond donors (Lipinski definition) is 3. The van der Waals surface area contributed by atoms with Crippen molar-refractivity contribution in [1.29, 1.82) is 0 Å². The molecule has 0 bridgehead atoms. The number of rotatable bonds is 10. The summed E-state index contributed by atoms with van der Waals surface area (Å²) in [5.74, 6) is 0.766. The van der Waals surface area contributed by atoms with Crippen molar-refractivity contribution in [1.82, 2.24) is 4.90 Å². The molecule has 5 heteroatoms. The van der Waals surface area contributed by atoms with Gasteiger partial charge in [0, 0.05) is 19.6 Å². The molecular formula is C16H27NO4. The largest absolute Gasteiger partial charge is 0.491 e. The van der Waals surface area contributed by atoms with Crippen LogP contribution in [0.4, 0.5) is 0 Å². The van der Waals surface area contributed by atoms with Crippen molar-refractivity contribution in [2.45, 2.75) is 26.4 Å². The first-order valence-electron chi connectivity index (χ1n) is 7.44. The van der Waals surface area contributed by atoms with E-state index in [2.05, 4.69) is 13.0 Å². The molecule has 0 spiro atoms. The lowest BCUT2D eigenvalue weighted by molar-refractivity contribution is 0.0552. The monoisotopic (exact) mass is 297 g/mol. The average Bonchev–Trinajstić information content (AvgIpc) is 2.45. The molecule has 3 N–H and O–H groups in total. The highest BCUT2D eigenvalue weighted by Crippen LogP contribution is 2.17. The minimum Gasteiger partial charge on any atom is -0.491 e. The second kappa shape index (κ2) is 9.73. The SMILES string of the molecule is CCc1cc(C)cc(OCC(O)CN(CCO)CCO)c1. The van der Waals surface area contributed by atoms with Gasteiger partial charge in [-0.3, -0.25) is 4.90 Å². The predicted molar refractivity (Wildman–Crippen MR) is 82.7 cm³/mol. The minimum absolute atomic E-state index is 0.00527. The van der Waals surface area contributed by atoms with Crippen LogP contribution in [0.15, 0.2) is 18.2 Å². The standard InChI is InChI=1S/C16H27NO4/c1-3-14-8-13(2)9-16(10-14)21-12-15(20)11-17(4-6-18)5-7-19/h8-10,15,18-20H,3-7,11-12H2,1-2H3.